The van der Waals surface area contributed by atoms with Crippen molar-refractivity contribution in [3.63, 3.8) is 0 Å². The SMILES string of the molecule is O=C(CCCc1cccnc1)Nc1ccc2c(c1)N(C(=O)c1cccs1)CC2. The summed E-state index contributed by atoms with van der Waals surface area (Å²) in [5, 5.41) is 4.87. The smallest absolute Gasteiger partial charge is 0.268 e. The lowest BCUT2D eigenvalue weighted by Gasteiger charge is -2.17. The zero-order valence-corrected chi connectivity index (χ0v) is 16.2. The zero-order valence-electron chi connectivity index (χ0n) is 15.4. The van der Waals surface area contributed by atoms with Gasteiger partial charge in [-0.3, -0.25) is 14.6 Å². The summed E-state index contributed by atoms with van der Waals surface area (Å²) in [6.07, 6.45) is 6.46. The summed E-state index contributed by atoms with van der Waals surface area (Å²) < 4.78 is 0. The molecule has 1 aliphatic heterocycles. The summed E-state index contributed by atoms with van der Waals surface area (Å²) in [4.78, 5) is 31.7. The minimum absolute atomic E-state index is 0.0158. The van der Waals surface area contributed by atoms with Crippen molar-refractivity contribution in [1.82, 2.24) is 4.98 Å². The van der Waals surface area contributed by atoms with Gasteiger partial charge in [0.2, 0.25) is 5.91 Å². The van der Waals surface area contributed by atoms with Crippen LogP contribution in [0.15, 0.2) is 60.2 Å². The Morgan fingerprint density at radius 2 is 2.11 bits per heavy atom. The van der Waals surface area contributed by atoms with Crippen molar-refractivity contribution in [3.05, 3.63) is 76.2 Å². The summed E-state index contributed by atoms with van der Waals surface area (Å²) in [6.45, 7) is 0.675. The van der Waals surface area contributed by atoms with Gasteiger partial charge in [0.05, 0.1) is 4.88 Å². The molecule has 142 valence electrons. The van der Waals surface area contributed by atoms with Gasteiger partial charge in [0.1, 0.15) is 0 Å². The van der Waals surface area contributed by atoms with Gasteiger partial charge in [-0.2, -0.15) is 0 Å². The first-order valence-electron chi connectivity index (χ1n) is 9.38. The highest BCUT2D eigenvalue weighted by molar-refractivity contribution is 7.12. The van der Waals surface area contributed by atoms with Crippen LogP contribution < -0.4 is 10.2 Å². The number of rotatable bonds is 6. The lowest BCUT2D eigenvalue weighted by atomic mass is 10.1. The molecule has 0 unspecified atom stereocenters. The molecule has 5 nitrogen and oxygen atoms in total. The lowest BCUT2D eigenvalue weighted by Crippen LogP contribution is -2.28. The summed E-state index contributed by atoms with van der Waals surface area (Å²) >= 11 is 1.45. The Kier molecular flexibility index (Phi) is 5.48. The molecular weight excluding hydrogens is 370 g/mol. The molecule has 0 saturated heterocycles. The van der Waals surface area contributed by atoms with Crippen LogP contribution in [0.25, 0.3) is 0 Å². The molecule has 0 bridgehead atoms. The Hall–Kier alpha value is -2.99. The molecule has 1 N–H and O–H groups in total. The van der Waals surface area contributed by atoms with E-state index in [1.54, 1.807) is 11.1 Å². The second-order valence-corrected chi connectivity index (χ2v) is 7.74. The first kappa shape index (κ1) is 18.4. The number of benzene rings is 1. The fourth-order valence-corrected chi connectivity index (χ4v) is 4.10. The molecule has 1 aliphatic rings. The molecule has 1 aromatic carbocycles. The van der Waals surface area contributed by atoms with E-state index in [9.17, 15) is 9.59 Å². The Labute approximate surface area is 168 Å². The molecule has 0 aliphatic carbocycles. The lowest BCUT2D eigenvalue weighted by molar-refractivity contribution is -0.116. The topological polar surface area (TPSA) is 62.3 Å². The van der Waals surface area contributed by atoms with Gasteiger partial charge in [-0.05, 0) is 60.0 Å². The highest BCUT2D eigenvalue weighted by Crippen LogP contribution is 2.32. The molecule has 0 saturated carbocycles. The number of hydrogen-bond donors (Lipinski definition) is 1. The maximum atomic E-state index is 12.7. The Morgan fingerprint density at radius 1 is 1.18 bits per heavy atom. The maximum Gasteiger partial charge on any atom is 0.268 e. The van der Waals surface area contributed by atoms with Crippen molar-refractivity contribution in [1.29, 1.82) is 0 Å². The van der Waals surface area contributed by atoms with E-state index in [4.69, 9.17) is 0 Å². The quantitative estimate of drug-likeness (QED) is 0.681. The number of thiophene rings is 1. The predicted octanol–water partition coefficient (Wildman–Crippen LogP) is 4.31. The van der Waals surface area contributed by atoms with Crippen molar-refractivity contribution in [2.24, 2.45) is 0 Å². The third-order valence-electron chi connectivity index (χ3n) is 4.83. The van der Waals surface area contributed by atoms with E-state index in [-0.39, 0.29) is 11.8 Å². The fourth-order valence-electron chi connectivity index (χ4n) is 3.42. The van der Waals surface area contributed by atoms with E-state index in [0.29, 0.717) is 13.0 Å². The molecule has 3 heterocycles. The van der Waals surface area contributed by atoms with Crippen LogP contribution in [0.5, 0.6) is 0 Å². The molecule has 0 radical (unpaired) electrons. The van der Waals surface area contributed by atoms with Crippen molar-refractivity contribution < 1.29 is 9.59 Å². The minimum Gasteiger partial charge on any atom is -0.326 e. The van der Waals surface area contributed by atoms with Crippen LogP contribution in [0.4, 0.5) is 11.4 Å². The van der Waals surface area contributed by atoms with E-state index >= 15 is 0 Å². The number of amides is 2. The van der Waals surface area contributed by atoms with E-state index in [2.05, 4.69) is 10.3 Å². The normalized spacial score (nSPS) is 12.6. The minimum atomic E-state index is -0.0158. The molecular formula is C22H21N3O2S. The number of carbonyl (C=O) groups is 2. The van der Waals surface area contributed by atoms with Crippen molar-refractivity contribution in [2.45, 2.75) is 25.7 Å². The van der Waals surface area contributed by atoms with Crippen LogP contribution >= 0.6 is 11.3 Å². The van der Waals surface area contributed by atoms with Crippen LogP contribution in [0.1, 0.15) is 33.6 Å². The highest BCUT2D eigenvalue weighted by atomic mass is 32.1. The van der Waals surface area contributed by atoms with Gasteiger partial charge in [-0.1, -0.05) is 18.2 Å². The number of fused-ring (bicyclic) bond motifs is 1. The second kappa shape index (κ2) is 8.35. The fraction of sp³-hybridized carbons (Fsp3) is 0.227. The molecule has 28 heavy (non-hydrogen) atoms. The van der Waals surface area contributed by atoms with E-state index in [0.717, 1.165) is 46.6 Å². The molecule has 0 atom stereocenters. The number of anilines is 2. The first-order chi connectivity index (χ1) is 13.7. The van der Waals surface area contributed by atoms with Crippen molar-refractivity contribution >= 4 is 34.5 Å². The van der Waals surface area contributed by atoms with Crippen LogP contribution in [0, 0.1) is 0 Å². The van der Waals surface area contributed by atoms with Gasteiger partial charge < -0.3 is 10.2 Å². The molecule has 0 fully saturated rings. The van der Waals surface area contributed by atoms with E-state index in [1.807, 2.05) is 54.0 Å². The van der Waals surface area contributed by atoms with Crippen LogP contribution in [0.2, 0.25) is 0 Å². The first-order valence-corrected chi connectivity index (χ1v) is 10.3. The number of aromatic nitrogens is 1. The van der Waals surface area contributed by atoms with Crippen molar-refractivity contribution in [3.8, 4) is 0 Å². The predicted molar refractivity (Wildman–Crippen MR) is 112 cm³/mol. The third kappa shape index (κ3) is 4.12. The van der Waals surface area contributed by atoms with Gasteiger partial charge in [0, 0.05) is 36.7 Å². The number of aryl methyl sites for hydroxylation is 1. The van der Waals surface area contributed by atoms with Crippen LogP contribution in [-0.4, -0.2) is 23.3 Å². The monoisotopic (exact) mass is 391 g/mol. The standard InChI is InChI=1S/C22H21N3O2S/c26-21(7-1-4-16-5-2-11-23-15-16)24-18-9-8-17-10-12-25(19(17)14-18)22(27)20-6-3-13-28-20/h2-3,5-6,8-9,11,13-15H,1,4,7,10,12H2,(H,24,26). The summed E-state index contributed by atoms with van der Waals surface area (Å²) in [6, 6.07) is 13.5. The molecule has 2 amide bonds. The third-order valence-corrected chi connectivity index (χ3v) is 5.69. The van der Waals surface area contributed by atoms with Gasteiger partial charge in [-0.25, -0.2) is 0 Å². The molecule has 2 aromatic heterocycles. The van der Waals surface area contributed by atoms with Gasteiger partial charge in [0.15, 0.2) is 0 Å². The largest absolute Gasteiger partial charge is 0.326 e. The second-order valence-electron chi connectivity index (χ2n) is 6.79. The van der Waals surface area contributed by atoms with Crippen LogP contribution in [-0.2, 0) is 17.6 Å². The Morgan fingerprint density at radius 3 is 2.89 bits per heavy atom. The molecule has 0 spiro atoms. The summed E-state index contributed by atoms with van der Waals surface area (Å²) in [5.74, 6) is 0.00617. The number of nitrogens with one attached hydrogen (secondary N) is 1. The number of pyridine rings is 1. The zero-order chi connectivity index (χ0) is 19.3. The van der Waals surface area contributed by atoms with Crippen molar-refractivity contribution in [2.75, 3.05) is 16.8 Å². The molecule has 3 aromatic rings. The maximum absolute atomic E-state index is 12.7. The Balaban J connectivity index is 1.38. The number of hydrogen-bond acceptors (Lipinski definition) is 4. The number of nitrogens with zero attached hydrogens (tertiary/aromatic N) is 2. The molecule has 6 heteroatoms. The van der Waals surface area contributed by atoms with E-state index in [1.165, 1.54) is 11.3 Å². The van der Waals surface area contributed by atoms with Crippen LogP contribution in [0.3, 0.4) is 0 Å². The van der Waals surface area contributed by atoms with E-state index < -0.39 is 0 Å². The summed E-state index contributed by atoms with van der Waals surface area (Å²) in [7, 11) is 0. The summed E-state index contributed by atoms with van der Waals surface area (Å²) in [5.41, 5.74) is 3.90. The number of carbonyl (C=O) groups excluding carboxylic acids is 2. The average Bonchev–Trinajstić information content (AvgIpc) is 3.38. The Bertz CT molecular complexity index is 971. The molecule has 4 rings (SSSR count). The van der Waals surface area contributed by atoms with Gasteiger partial charge in [-0.15, -0.1) is 11.3 Å². The van der Waals surface area contributed by atoms with Gasteiger partial charge >= 0.3 is 0 Å². The highest BCUT2D eigenvalue weighted by Gasteiger charge is 2.26. The van der Waals surface area contributed by atoms with Gasteiger partial charge in [0.25, 0.3) is 5.91 Å². The average molecular weight is 391 g/mol.